The van der Waals surface area contributed by atoms with Gasteiger partial charge >= 0.3 is 0 Å². The highest BCUT2D eigenvalue weighted by Gasteiger charge is 2.27. The molecule has 35 heavy (non-hydrogen) atoms. The highest BCUT2D eigenvalue weighted by Crippen LogP contribution is 2.37. The van der Waals surface area contributed by atoms with E-state index in [9.17, 15) is 13.2 Å². The molecule has 0 aliphatic carbocycles. The number of halogens is 5. The van der Waals surface area contributed by atoms with E-state index in [0.29, 0.717) is 19.3 Å². The van der Waals surface area contributed by atoms with E-state index in [1.165, 1.54) is 30.3 Å². The van der Waals surface area contributed by atoms with E-state index in [0.717, 1.165) is 18.1 Å². The molecule has 0 aromatic heterocycles. The predicted octanol–water partition coefficient (Wildman–Crippen LogP) is 8.51. The Bertz CT molecular complexity index is 1240. The van der Waals surface area contributed by atoms with Crippen molar-refractivity contribution in [2.45, 2.75) is 51.6 Å². The van der Waals surface area contributed by atoms with Gasteiger partial charge in [-0.3, -0.25) is 0 Å². The Balaban J connectivity index is 1.65. The summed E-state index contributed by atoms with van der Waals surface area (Å²) in [6.45, 7) is 4.08. The summed E-state index contributed by atoms with van der Waals surface area (Å²) in [4.78, 5) is 0. The van der Waals surface area contributed by atoms with Gasteiger partial charge in [0, 0.05) is 28.2 Å². The number of benzene rings is 3. The van der Waals surface area contributed by atoms with Crippen molar-refractivity contribution in [2.24, 2.45) is 0 Å². The summed E-state index contributed by atoms with van der Waals surface area (Å²) >= 11 is 0. The van der Waals surface area contributed by atoms with Crippen LogP contribution in [0.25, 0.3) is 22.3 Å². The van der Waals surface area contributed by atoms with Crippen LogP contribution >= 0.6 is 0 Å². The summed E-state index contributed by atoms with van der Waals surface area (Å²) < 4.78 is 80.3. The number of aryl methyl sites for hydroxylation is 1. The molecule has 2 unspecified atom stereocenters. The van der Waals surface area contributed by atoms with Crippen molar-refractivity contribution in [3.63, 3.8) is 0 Å². The Kier molecular flexibility index (Phi) is 7.70. The van der Waals surface area contributed by atoms with Crippen molar-refractivity contribution in [1.29, 1.82) is 0 Å². The summed E-state index contributed by atoms with van der Waals surface area (Å²) in [5.41, 5.74) is -0.286. The van der Waals surface area contributed by atoms with Crippen molar-refractivity contribution in [2.75, 3.05) is 6.61 Å². The fraction of sp³-hybridized carbons (Fsp3) is 0.310. The summed E-state index contributed by atoms with van der Waals surface area (Å²) in [7, 11) is 0. The minimum atomic E-state index is -1.36. The molecular formula is C29H27F5O. The first-order valence-corrected chi connectivity index (χ1v) is 11.8. The molecule has 1 fully saturated rings. The molecule has 1 saturated heterocycles. The molecule has 184 valence electrons. The van der Waals surface area contributed by atoms with Crippen LogP contribution in [-0.4, -0.2) is 12.7 Å². The zero-order valence-corrected chi connectivity index (χ0v) is 19.7. The third kappa shape index (κ3) is 5.03. The van der Waals surface area contributed by atoms with Crippen molar-refractivity contribution < 1.29 is 26.7 Å². The second-order valence-electron chi connectivity index (χ2n) is 8.86. The predicted molar refractivity (Wildman–Crippen MR) is 128 cm³/mol. The standard InChI is InChI=1S/C29H27F5O/c1-3-5-17-7-10-21(25(30)15-17)22-13-14-24(29(34)27(22)32)23-12-11-20(26(31)28(23)33)18-8-9-19(6-4-2)35-16-18/h4,6-7,10-15,18-19H,3,5,8-9,16H2,1-2H3/b6-4+. The van der Waals surface area contributed by atoms with Crippen LogP contribution in [0.5, 0.6) is 0 Å². The minimum absolute atomic E-state index is 0.0494. The van der Waals surface area contributed by atoms with Gasteiger partial charge in [-0.15, -0.1) is 0 Å². The van der Waals surface area contributed by atoms with E-state index in [1.54, 1.807) is 6.07 Å². The molecule has 0 spiro atoms. The van der Waals surface area contributed by atoms with Crippen LogP contribution in [0.2, 0.25) is 0 Å². The molecule has 3 aromatic rings. The largest absolute Gasteiger partial charge is 0.374 e. The molecule has 0 bridgehead atoms. The van der Waals surface area contributed by atoms with Gasteiger partial charge in [-0.1, -0.05) is 61.9 Å². The zero-order valence-electron chi connectivity index (χ0n) is 19.7. The highest BCUT2D eigenvalue weighted by molar-refractivity contribution is 5.73. The lowest BCUT2D eigenvalue weighted by Crippen LogP contribution is -2.24. The van der Waals surface area contributed by atoms with Crippen molar-refractivity contribution in [3.05, 3.63) is 94.8 Å². The van der Waals surface area contributed by atoms with Crippen molar-refractivity contribution in [3.8, 4) is 22.3 Å². The third-order valence-electron chi connectivity index (χ3n) is 6.51. The molecule has 0 N–H and O–H groups in total. The number of rotatable bonds is 6. The van der Waals surface area contributed by atoms with E-state index in [4.69, 9.17) is 4.74 Å². The molecule has 0 saturated carbocycles. The summed E-state index contributed by atoms with van der Waals surface area (Å²) in [5, 5.41) is 0. The summed E-state index contributed by atoms with van der Waals surface area (Å²) in [6, 6.07) is 9.35. The zero-order chi connectivity index (χ0) is 25.1. The third-order valence-corrected chi connectivity index (χ3v) is 6.51. The summed E-state index contributed by atoms with van der Waals surface area (Å²) in [6.07, 6.45) is 6.53. The van der Waals surface area contributed by atoms with Gasteiger partial charge in [0.05, 0.1) is 12.7 Å². The monoisotopic (exact) mass is 486 g/mol. The fourth-order valence-electron chi connectivity index (χ4n) is 4.66. The molecule has 3 aromatic carbocycles. The van der Waals surface area contributed by atoms with Crippen LogP contribution in [0.1, 0.15) is 50.2 Å². The molecule has 0 amide bonds. The van der Waals surface area contributed by atoms with Gasteiger partial charge in [-0.25, -0.2) is 22.0 Å². The normalized spacial score (nSPS) is 18.4. The Labute approximate surface area is 202 Å². The maximum atomic E-state index is 15.0. The van der Waals surface area contributed by atoms with E-state index in [-0.39, 0.29) is 35.3 Å². The molecular weight excluding hydrogens is 459 g/mol. The number of hydrogen-bond acceptors (Lipinski definition) is 1. The molecule has 4 rings (SSSR count). The Hall–Kier alpha value is -2.99. The van der Waals surface area contributed by atoms with Crippen LogP contribution in [0.4, 0.5) is 22.0 Å². The van der Waals surface area contributed by atoms with Gasteiger partial charge in [0.1, 0.15) is 5.82 Å². The maximum absolute atomic E-state index is 15.0. The lowest BCUT2D eigenvalue weighted by Gasteiger charge is -2.28. The van der Waals surface area contributed by atoms with Crippen LogP contribution < -0.4 is 0 Å². The molecule has 1 aliphatic heterocycles. The SMILES string of the molecule is C/C=C/C1CCC(c2ccc(-c3ccc(-c4ccc(CCC)cc4F)c(F)c3F)c(F)c2F)CO1. The average Bonchev–Trinajstić information content (AvgIpc) is 2.85. The van der Waals surface area contributed by atoms with Gasteiger partial charge in [0.2, 0.25) is 0 Å². The van der Waals surface area contributed by atoms with Crippen molar-refractivity contribution >= 4 is 0 Å². The van der Waals surface area contributed by atoms with Crippen LogP contribution in [-0.2, 0) is 11.2 Å². The van der Waals surface area contributed by atoms with Gasteiger partial charge in [0.15, 0.2) is 23.3 Å². The first-order valence-electron chi connectivity index (χ1n) is 11.8. The topological polar surface area (TPSA) is 9.23 Å². The number of allylic oxidation sites excluding steroid dienone is 1. The van der Waals surface area contributed by atoms with E-state index >= 15 is 8.78 Å². The minimum Gasteiger partial charge on any atom is -0.374 e. The van der Waals surface area contributed by atoms with Gasteiger partial charge in [-0.05, 0) is 43.4 Å². The second kappa shape index (κ2) is 10.7. The first-order chi connectivity index (χ1) is 16.8. The van der Waals surface area contributed by atoms with Gasteiger partial charge < -0.3 is 4.74 Å². The molecule has 1 heterocycles. The van der Waals surface area contributed by atoms with E-state index in [1.807, 2.05) is 26.0 Å². The van der Waals surface area contributed by atoms with Crippen molar-refractivity contribution in [1.82, 2.24) is 0 Å². The smallest absolute Gasteiger partial charge is 0.167 e. The second-order valence-corrected chi connectivity index (χ2v) is 8.86. The maximum Gasteiger partial charge on any atom is 0.167 e. The molecule has 6 heteroatoms. The van der Waals surface area contributed by atoms with Crippen LogP contribution in [0.15, 0.2) is 54.6 Å². The Morgan fingerprint density at radius 3 is 1.97 bits per heavy atom. The summed E-state index contributed by atoms with van der Waals surface area (Å²) in [5.74, 6) is -6.02. The molecule has 2 atom stereocenters. The lowest BCUT2D eigenvalue weighted by molar-refractivity contribution is 0.0317. The van der Waals surface area contributed by atoms with E-state index in [2.05, 4.69) is 0 Å². The van der Waals surface area contributed by atoms with Gasteiger partial charge in [0.25, 0.3) is 0 Å². The number of ether oxygens (including phenoxy) is 1. The highest BCUT2D eigenvalue weighted by atomic mass is 19.2. The van der Waals surface area contributed by atoms with E-state index < -0.39 is 40.2 Å². The average molecular weight is 487 g/mol. The Morgan fingerprint density at radius 1 is 0.800 bits per heavy atom. The first kappa shape index (κ1) is 25.1. The molecule has 1 nitrogen and oxygen atoms in total. The molecule has 1 aliphatic rings. The number of hydrogen-bond donors (Lipinski definition) is 0. The molecule has 0 radical (unpaired) electrons. The van der Waals surface area contributed by atoms with Gasteiger partial charge in [-0.2, -0.15) is 0 Å². The Morgan fingerprint density at radius 2 is 1.40 bits per heavy atom. The van der Waals surface area contributed by atoms with Crippen LogP contribution in [0.3, 0.4) is 0 Å². The quantitative estimate of drug-likeness (QED) is 0.251. The lowest BCUT2D eigenvalue weighted by atomic mass is 9.89. The fourth-order valence-corrected chi connectivity index (χ4v) is 4.66. The van der Waals surface area contributed by atoms with Crippen LogP contribution in [0, 0.1) is 29.1 Å².